The van der Waals surface area contributed by atoms with Gasteiger partial charge in [0.2, 0.25) is 0 Å². The summed E-state index contributed by atoms with van der Waals surface area (Å²) in [6.07, 6.45) is 0. The summed E-state index contributed by atoms with van der Waals surface area (Å²) >= 11 is 4.66. The number of thiophene rings is 1. The molecule has 2 aromatic rings. The second-order valence-electron chi connectivity index (χ2n) is 5.30. The molecule has 0 saturated carbocycles. The fourth-order valence-corrected chi connectivity index (χ4v) is 4.24. The minimum atomic E-state index is -0.249. The Balaban J connectivity index is 1.65. The lowest BCUT2D eigenvalue weighted by molar-refractivity contribution is 0.0751. The highest BCUT2D eigenvalue weighted by Crippen LogP contribution is 2.29. The first-order valence-electron chi connectivity index (χ1n) is 7.27. The second-order valence-corrected chi connectivity index (χ2v) is 7.29. The number of carbonyl (C=O) groups is 1. The van der Waals surface area contributed by atoms with Crippen molar-refractivity contribution >= 4 is 38.9 Å². The third-order valence-electron chi connectivity index (χ3n) is 3.85. The molecule has 1 fully saturated rings. The van der Waals surface area contributed by atoms with Gasteiger partial charge in [0.25, 0.3) is 5.91 Å². The van der Waals surface area contributed by atoms with Gasteiger partial charge in [-0.1, -0.05) is 6.07 Å². The number of aliphatic hydroxyl groups excluding tert-OH is 1. The molecule has 4 nitrogen and oxygen atoms in total. The third kappa shape index (κ3) is 3.57. The minimum absolute atomic E-state index is 0.0192. The summed E-state index contributed by atoms with van der Waals surface area (Å²) in [5.74, 6) is -0.268. The Bertz CT molecular complexity index is 714. The number of benzene rings is 1. The monoisotopic (exact) mass is 398 g/mol. The van der Waals surface area contributed by atoms with E-state index in [9.17, 15) is 14.3 Å². The quantitative estimate of drug-likeness (QED) is 0.863. The first-order chi connectivity index (χ1) is 11.1. The standard InChI is InChI=1S/C16H16BrFN2O2S/c17-13-9-14(23-15(13)10-21)16(22)20-6-4-19(5-7-20)12-3-1-2-11(18)8-12/h1-3,8-9,21H,4-7,10H2. The number of amides is 1. The molecule has 1 aromatic carbocycles. The number of aliphatic hydroxyl groups is 1. The molecule has 1 N–H and O–H groups in total. The first-order valence-corrected chi connectivity index (χ1v) is 8.88. The van der Waals surface area contributed by atoms with Gasteiger partial charge < -0.3 is 14.9 Å². The summed E-state index contributed by atoms with van der Waals surface area (Å²) in [6, 6.07) is 8.28. The average Bonchev–Trinajstić information content (AvgIpc) is 2.95. The van der Waals surface area contributed by atoms with Crippen molar-refractivity contribution in [3.8, 4) is 0 Å². The lowest BCUT2D eigenvalue weighted by Crippen LogP contribution is -2.48. The van der Waals surface area contributed by atoms with Gasteiger partial charge >= 0.3 is 0 Å². The van der Waals surface area contributed by atoms with E-state index < -0.39 is 0 Å². The fraction of sp³-hybridized carbons (Fsp3) is 0.312. The topological polar surface area (TPSA) is 43.8 Å². The number of nitrogens with zero attached hydrogens (tertiary/aromatic N) is 2. The molecular formula is C16H16BrFN2O2S. The first kappa shape index (κ1) is 16.4. The van der Waals surface area contributed by atoms with Gasteiger partial charge in [0.1, 0.15) is 5.82 Å². The van der Waals surface area contributed by atoms with Gasteiger partial charge in [-0.25, -0.2) is 4.39 Å². The van der Waals surface area contributed by atoms with Crippen LogP contribution in [0.25, 0.3) is 0 Å². The van der Waals surface area contributed by atoms with Crippen LogP contribution in [0.1, 0.15) is 14.5 Å². The van der Waals surface area contributed by atoms with Crippen LogP contribution in [-0.2, 0) is 6.61 Å². The van der Waals surface area contributed by atoms with Gasteiger partial charge in [0, 0.05) is 41.2 Å². The Morgan fingerprint density at radius 2 is 2.00 bits per heavy atom. The Morgan fingerprint density at radius 3 is 2.61 bits per heavy atom. The lowest BCUT2D eigenvalue weighted by atomic mass is 10.2. The SMILES string of the molecule is O=C(c1cc(Br)c(CO)s1)N1CCN(c2cccc(F)c2)CC1. The summed E-state index contributed by atoms with van der Waals surface area (Å²) in [4.78, 5) is 17.8. The summed E-state index contributed by atoms with van der Waals surface area (Å²) < 4.78 is 14.1. The molecule has 0 bridgehead atoms. The molecule has 1 aromatic heterocycles. The van der Waals surface area contributed by atoms with Crippen LogP contribution < -0.4 is 4.90 Å². The lowest BCUT2D eigenvalue weighted by Gasteiger charge is -2.36. The molecule has 0 aliphatic carbocycles. The van der Waals surface area contributed by atoms with Crippen LogP contribution in [0.15, 0.2) is 34.8 Å². The van der Waals surface area contributed by atoms with E-state index in [1.165, 1.54) is 23.5 Å². The summed E-state index contributed by atoms with van der Waals surface area (Å²) in [5.41, 5.74) is 0.846. The van der Waals surface area contributed by atoms with Crippen molar-refractivity contribution < 1.29 is 14.3 Å². The Morgan fingerprint density at radius 1 is 1.26 bits per heavy atom. The fourth-order valence-electron chi connectivity index (χ4n) is 2.62. The van der Waals surface area contributed by atoms with Crippen molar-refractivity contribution in [2.45, 2.75) is 6.61 Å². The third-order valence-corrected chi connectivity index (χ3v) is 5.93. The van der Waals surface area contributed by atoms with E-state index in [4.69, 9.17) is 0 Å². The molecule has 0 unspecified atom stereocenters. The van der Waals surface area contributed by atoms with Gasteiger partial charge in [-0.15, -0.1) is 11.3 Å². The number of anilines is 1. The normalized spacial score (nSPS) is 15.1. The molecule has 0 atom stereocenters. The highest BCUT2D eigenvalue weighted by atomic mass is 79.9. The Labute approximate surface area is 146 Å². The van der Waals surface area contributed by atoms with Crippen LogP contribution in [0.3, 0.4) is 0 Å². The van der Waals surface area contributed by atoms with Crippen LogP contribution in [-0.4, -0.2) is 42.1 Å². The van der Waals surface area contributed by atoms with Gasteiger partial charge in [-0.3, -0.25) is 4.79 Å². The number of piperazine rings is 1. The molecule has 0 spiro atoms. The highest BCUT2D eigenvalue weighted by molar-refractivity contribution is 9.10. The van der Waals surface area contributed by atoms with E-state index in [1.54, 1.807) is 17.0 Å². The maximum absolute atomic E-state index is 13.3. The molecule has 1 aliphatic rings. The predicted molar refractivity (Wildman–Crippen MR) is 92.5 cm³/mol. The van der Waals surface area contributed by atoms with Gasteiger partial charge in [0.15, 0.2) is 0 Å². The van der Waals surface area contributed by atoms with E-state index in [0.717, 1.165) is 15.0 Å². The molecule has 1 aliphatic heterocycles. The maximum atomic E-state index is 13.3. The van der Waals surface area contributed by atoms with Crippen LogP contribution in [0, 0.1) is 5.82 Å². The van der Waals surface area contributed by atoms with Crippen molar-refractivity contribution in [3.63, 3.8) is 0 Å². The second kappa shape index (κ2) is 6.98. The van der Waals surface area contributed by atoms with E-state index >= 15 is 0 Å². The van der Waals surface area contributed by atoms with E-state index in [1.807, 2.05) is 6.07 Å². The van der Waals surface area contributed by atoms with Crippen LogP contribution in [0.5, 0.6) is 0 Å². The number of carbonyl (C=O) groups excluding carboxylic acids is 1. The van der Waals surface area contributed by atoms with Crippen molar-refractivity contribution in [2.24, 2.45) is 0 Å². The number of hydrogen-bond donors (Lipinski definition) is 1. The number of rotatable bonds is 3. The van der Waals surface area contributed by atoms with Gasteiger partial charge in [-0.2, -0.15) is 0 Å². The molecular weight excluding hydrogens is 383 g/mol. The van der Waals surface area contributed by atoms with E-state index in [2.05, 4.69) is 20.8 Å². The zero-order valence-corrected chi connectivity index (χ0v) is 14.7. The molecule has 1 amide bonds. The van der Waals surface area contributed by atoms with Crippen LogP contribution in [0.4, 0.5) is 10.1 Å². The van der Waals surface area contributed by atoms with Crippen molar-refractivity contribution in [2.75, 3.05) is 31.1 Å². The molecule has 23 heavy (non-hydrogen) atoms. The van der Waals surface area contributed by atoms with Gasteiger partial charge in [-0.05, 0) is 40.2 Å². The van der Waals surface area contributed by atoms with Crippen molar-refractivity contribution in [3.05, 3.63) is 50.4 Å². The van der Waals surface area contributed by atoms with Crippen LogP contribution in [0.2, 0.25) is 0 Å². The predicted octanol–water partition coefficient (Wildman–Crippen LogP) is 3.10. The smallest absolute Gasteiger partial charge is 0.264 e. The zero-order chi connectivity index (χ0) is 16.4. The molecule has 122 valence electrons. The molecule has 3 rings (SSSR count). The van der Waals surface area contributed by atoms with E-state index in [-0.39, 0.29) is 18.3 Å². The van der Waals surface area contributed by atoms with Crippen molar-refractivity contribution in [1.29, 1.82) is 0 Å². The van der Waals surface area contributed by atoms with Crippen molar-refractivity contribution in [1.82, 2.24) is 4.90 Å². The number of halogens is 2. The number of hydrogen-bond acceptors (Lipinski definition) is 4. The zero-order valence-electron chi connectivity index (χ0n) is 12.3. The summed E-state index contributed by atoms with van der Waals surface area (Å²) in [7, 11) is 0. The largest absolute Gasteiger partial charge is 0.391 e. The molecule has 1 saturated heterocycles. The Kier molecular flexibility index (Phi) is 4.99. The van der Waals surface area contributed by atoms with E-state index in [0.29, 0.717) is 31.1 Å². The maximum Gasteiger partial charge on any atom is 0.264 e. The molecule has 2 heterocycles. The molecule has 7 heteroatoms. The van der Waals surface area contributed by atoms with Crippen LogP contribution >= 0.6 is 27.3 Å². The Hall–Kier alpha value is -1.44. The summed E-state index contributed by atoms with van der Waals surface area (Å²) in [5, 5.41) is 9.23. The highest BCUT2D eigenvalue weighted by Gasteiger charge is 2.24. The van der Waals surface area contributed by atoms with Gasteiger partial charge in [0.05, 0.1) is 11.5 Å². The summed E-state index contributed by atoms with van der Waals surface area (Å²) in [6.45, 7) is 2.47. The average molecular weight is 399 g/mol. The molecule has 0 radical (unpaired) electrons. The minimum Gasteiger partial charge on any atom is -0.391 e.